The molecule has 0 atom stereocenters. The van der Waals surface area contributed by atoms with Crippen molar-refractivity contribution in [2.75, 3.05) is 31.1 Å². The Bertz CT molecular complexity index is 914. The van der Waals surface area contributed by atoms with Crippen molar-refractivity contribution in [3.8, 4) is 0 Å². The number of hydrogen-bond donors (Lipinski definition) is 1. The van der Waals surface area contributed by atoms with Gasteiger partial charge < -0.3 is 10.1 Å². The molecule has 0 fully saturated rings. The molecule has 28 heavy (non-hydrogen) atoms. The summed E-state index contributed by atoms with van der Waals surface area (Å²) in [6.45, 7) is 4.23. The van der Waals surface area contributed by atoms with Gasteiger partial charge in [-0.3, -0.25) is 9.10 Å². The first-order valence-electron chi connectivity index (χ1n) is 8.87. The molecule has 0 saturated heterocycles. The third-order valence-corrected chi connectivity index (χ3v) is 6.19. The van der Waals surface area contributed by atoms with Crippen molar-refractivity contribution < 1.29 is 17.9 Å². The van der Waals surface area contributed by atoms with Crippen molar-refractivity contribution in [3.05, 3.63) is 58.6 Å². The highest BCUT2D eigenvalue weighted by atomic mass is 35.5. The number of aryl methyl sites for hydroxylation is 2. The highest BCUT2D eigenvalue weighted by molar-refractivity contribution is 7.92. The van der Waals surface area contributed by atoms with Crippen LogP contribution in [0.4, 0.5) is 5.69 Å². The fourth-order valence-electron chi connectivity index (χ4n) is 2.62. The van der Waals surface area contributed by atoms with Gasteiger partial charge >= 0.3 is 0 Å². The summed E-state index contributed by atoms with van der Waals surface area (Å²) in [4.78, 5) is 12.5. The number of nitrogens with one attached hydrogen (secondary N) is 1. The molecule has 1 N–H and O–H groups in total. The lowest BCUT2D eigenvalue weighted by molar-refractivity contribution is -0.119. The van der Waals surface area contributed by atoms with E-state index in [-0.39, 0.29) is 11.4 Å². The summed E-state index contributed by atoms with van der Waals surface area (Å²) in [7, 11) is -2.37. The van der Waals surface area contributed by atoms with Crippen molar-refractivity contribution >= 4 is 33.2 Å². The van der Waals surface area contributed by atoms with Gasteiger partial charge in [0, 0.05) is 25.3 Å². The number of hydrogen-bond acceptors (Lipinski definition) is 4. The van der Waals surface area contributed by atoms with Gasteiger partial charge in [0.15, 0.2) is 0 Å². The van der Waals surface area contributed by atoms with Crippen LogP contribution in [0.5, 0.6) is 0 Å². The maximum Gasteiger partial charge on any atom is 0.264 e. The van der Waals surface area contributed by atoms with Crippen molar-refractivity contribution in [1.82, 2.24) is 5.32 Å². The van der Waals surface area contributed by atoms with E-state index in [0.717, 1.165) is 9.87 Å². The highest BCUT2D eigenvalue weighted by Crippen LogP contribution is 2.29. The monoisotopic (exact) mass is 424 g/mol. The largest absolute Gasteiger partial charge is 0.385 e. The number of ether oxygens (including phenoxy) is 1. The molecule has 2 rings (SSSR count). The zero-order valence-corrected chi connectivity index (χ0v) is 17.8. The Balaban J connectivity index is 2.37. The van der Waals surface area contributed by atoms with E-state index >= 15 is 0 Å². The number of rotatable bonds is 9. The lowest BCUT2D eigenvalue weighted by Crippen LogP contribution is -2.41. The maximum absolute atomic E-state index is 13.3. The molecule has 0 radical (unpaired) electrons. The van der Waals surface area contributed by atoms with Crippen LogP contribution in [0.15, 0.2) is 47.4 Å². The van der Waals surface area contributed by atoms with Crippen LogP contribution in [0.25, 0.3) is 0 Å². The SMILES string of the molecule is COCCCNC(=O)CN(c1cc(Cl)ccc1C)S(=O)(=O)c1ccc(C)cc1. The van der Waals surface area contributed by atoms with Crippen LogP contribution in [0.3, 0.4) is 0 Å². The molecule has 2 aromatic carbocycles. The number of halogens is 1. The molecule has 0 saturated carbocycles. The van der Waals surface area contributed by atoms with Crippen molar-refractivity contribution in [1.29, 1.82) is 0 Å². The molecular weight excluding hydrogens is 400 g/mol. The van der Waals surface area contributed by atoms with Crippen molar-refractivity contribution in [2.45, 2.75) is 25.2 Å². The van der Waals surface area contributed by atoms with E-state index < -0.39 is 15.9 Å². The molecule has 6 nitrogen and oxygen atoms in total. The third-order valence-electron chi connectivity index (χ3n) is 4.18. The van der Waals surface area contributed by atoms with Gasteiger partial charge in [-0.2, -0.15) is 0 Å². The van der Waals surface area contributed by atoms with Crippen molar-refractivity contribution in [3.63, 3.8) is 0 Å². The van der Waals surface area contributed by atoms with Crippen LogP contribution >= 0.6 is 11.6 Å². The van der Waals surface area contributed by atoms with Gasteiger partial charge in [-0.15, -0.1) is 0 Å². The molecule has 0 aliphatic heterocycles. The van der Waals surface area contributed by atoms with Gasteiger partial charge in [0.1, 0.15) is 6.54 Å². The lowest BCUT2D eigenvalue weighted by Gasteiger charge is -2.26. The number of anilines is 1. The number of methoxy groups -OCH3 is 1. The second kappa shape index (κ2) is 9.91. The summed E-state index contributed by atoms with van der Waals surface area (Å²) in [6, 6.07) is 11.5. The van der Waals surface area contributed by atoms with E-state index in [1.54, 1.807) is 44.4 Å². The standard InChI is InChI=1S/C20H25ClN2O4S/c1-15-5-9-18(10-6-15)28(25,26)23(14-20(24)22-11-4-12-27-3)19-13-17(21)8-7-16(19)2/h5-10,13H,4,11-12,14H2,1-3H3,(H,22,24). The van der Waals surface area contributed by atoms with Crippen LogP contribution in [0.2, 0.25) is 5.02 Å². The summed E-state index contributed by atoms with van der Waals surface area (Å²) in [5, 5.41) is 3.12. The van der Waals surface area contributed by atoms with E-state index in [9.17, 15) is 13.2 Å². The van der Waals surface area contributed by atoms with Crippen LogP contribution in [-0.2, 0) is 19.6 Å². The second-order valence-electron chi connectivity index (χ2n) is 6.45. The molecule has 0 bridgehead atoms. The predicted octanol–water partition coefficient (Wildman–Crippen LogP) is 3.30. The van der Waals surface area contributed by atoms with Crippen LogP contribution < -0.4 is 9.62 Å². The summed E-state index contributed by atoms with van der Waals surface area (Å²) in [5.74, 6) is -0.397. The zero-order valence-electron chi connectivity index (χ0n) is 16.2. The maximum atomic E-state index is 13.3. The smallest absolute Gasteiger partial charge is 0.264 e. The van der Waals surface area contributed by atoms with Crippen LogP contribution in [-0.4, -0.2) is 41.1 Å². The molecular formula is C20H25ClN2O4S. The molecule has 0 aliphatic carbocycles. The topological polar surface area (TPSA) is 75.7 Å². The van der Waals surface area contributed by atoms with Gasteiger partial charge in [-0.25, -0.2) is 8.42 Å². The number of amides is 1. The Morgan fingerprint density at radius 2 is 1.82 bits per heavy atom. The Morgan fingerprint density at radius 1 is 1.14 bits per heavy atom. The first-order chi connectivity index (χ1) is 13.3. The van der Waals surface area contributed by atoms with Crippen LogP contribution in [0, 0.1) is 13.8 Å². The van der Waals surface area contributed by atoms with E-state index in [2.05, 4.69) is 5.32 Å². The molecule has 0 unspecified atom stereocenters. The van der Waals surface area contributed by atoms with Gasteiger partial charge in [0.05, 0.1) is 10.6 Å². The Labute approximate surface area is 171 Å². The molecule has 0 aromatic heterocycles. The average molecular weight is 425 g/mol. The minimum absolute atomic E-state index is 0.115. The summed E-state index contributed by atoms with van der Waals surface area (Å²) >= 11 is 6.10. The molecule has 1 amide bonds. The highest BCUT2D eigenvalue weighted by Gasteiger charge is 2.28. The van der Waals surface area contributed by atoms with E-state index in [0.29, 0.717) is 35.8 Å². The summed E-state index contributed by atoms with van der Waals surface area (Å²) < 4.78 is 32.7. The minimum Gasteiger partial charge on any atom is -0.385 e. The number of benzene rings is 2. The molecule has 0 aliphatic rings. The number of carbonyl (C=O) groups is 1. The Kier molecular flexibility index (Phi) is 7.86. The third kappa shape index (κ3) is 5.70. The van der Waals surface area contributed by atoms with E-state index in [1.165, 1.54) is 12.1 Å². The Morgan fingerprint density at radius 3 is 2.46 bits per heavy atom. The summed E-state index contributed by atoms with van der Waals surface area (Å²) in [6.07, 6.45) is 0.642. The zero-order chi connectivity index (χ0) is 20.7. The quantitative estimate of drug-likeness (QED) is 0.626. The van der Waals surface area contributed by atoms with Crippen LogP contribution in [0.1, 0.15) is 17.5 Å². The molecule has 0 spiro atoms. The fraction of sp³-hybridized carbons (Fsp3) is 0.350. The van der Waals surface area contributed by atoms with Gasteiger partial charge in [0.25, 0.3) is 10.0 Å². The first kappa shape index (κ1) is 22.2. The molecule has 0 heterocycles. The van der Waals surface area contributed by atoms with E-state index in [1.807, 2.05) is 6.92 Å². The van der Waals surface area contributed by atoms with E-state index in [4.69, 9.17) is 16.3 Å². The van der Waals surface area contributed by atoms with Gasteiger partial charge in [-0.05, 0) is 50.1 Å². The fourth-order valence-corrected chi connectivity index (χ4v) is 4.26. The lowest BCUT2D eigenvalue weighted by atomic mass is 10.2. The molecule has 8 heteroatoms. The average Bonchev–Trinajstić information content (AvgIpc) is 2.65. The predicted molar refractivity (Wildman–Crippen MR) is 111 cm³/mol. The minimum atomic E-state index is -3.95. The second-order valence-corrected chi connectivity index (χ2v) is 8.75. The number of sulfonamides is 1. The summed E-state index contributed by atoms with van der Waals surface area (Å²) in [5.41, 5.74) is 2.02. The Hall–Kier alpha value is -2.09. The van der Waals surface area contributed by atoms with Gasteiger partial charge in [0.2, 0.25) is 5.91 Å². The van der Waals surface area contributed by atoms with Crippen molar-refractivity contribution in [2.24, 2.45) is 0 Å². The molecule has 152 valence electrons. The molecule has 2 aromatic rings. The number of carbonyl (C=O) groups excluding carboxylic acids is 1. The first-order valence-corrected chi connectivity index (χ1v) is 10.7. The van der Waals surface area contributed by atoms with Gasteiger partial charge in [-0.1, -0.05) is 35.4 Å². The normalized spacial score (nSPS) is 11.3. The number of nitrogens with zero attached hydrogens (tertiary/aromatic N) is 1.